The lowest BCUT2D eigenvalue weighted by Gasteiger charge is -2.29. The Bertz CT molecular complexity index is 1020. The summed E-state index contributed by atoms with van der Waals surface area (Å²) in [7, 11) is -3.67. The summed E-state index contributed by atoms with van der Waals surface area (Å²) < 4.78 is 27.3. The molecule has 9 heteroatoms. The van der Waals surface area contributed by atoms with E-state index >= 15 is 0 Å². The Balaban J connectivity index is 0.000000461. The van der Waals surface area contributed by atoms with Crippen LogP contribution in [0.15, 0.2) is 45.5 Å². The van der Waals surface area contributed by atoms with Gasteiger partial charge in [0.1, 0.15) is 0 Å². The van der Waals surface area contributed by atoms with Crippen LogP contribution in [0.5, 0.6) is 0 Å². The molecule has 162 valence electrons. The Morgan fingerprint density at radius 2 is 1.80 bits per heavy atom. The molecule has 1 fully saturated rings. The summed E-state index contributed by atoms with van der Waals surface area (Å²) in [5, 5.41) is 11.1. The fraction of sp³-hybridized carbons (Fsp3) is 0.381. The van der Waals surface area contributed by atoms with Crippen molar-refractivity contribution in [3.05, 3.63) is 58.0 Å². The zero-order valence-electron chi connectivity index (χ0n) is 16.7. The highest BCUT2D eigenvalue weighted by molar-refractivity contribution is 8.00. The molecule has 1 aromatic carbocycles. The summed E-state index contributed by atoms with van der Waals surface area (Å²) in [6, 6.07) is 11.1. The van der Waals surface area contributed by atoms with E-state index in [1.165, 1.54) is 32.0 Å². The molecule has 1 saturated heterocycles. The molecule has 30 heavy (non-hydrogen) atoms. The maximum Gasteiger partial charge on any atom is 0.304 e. The van der Waals surface area contributed by atoms with Crippen molar-refractivity contribution in [2.45, 2.75) is 29.2 Å². The summed E-state index contributed by atoms with van der Waals surface area (Å²) in [6.07, 6.45) is 3.01. The second kappa shape index (κ2) is 10.1. The third-order valence-corrected chi connectivity index (χ3v) is 7.29. The van der Waals surface area contributed by atoms with E-state index in [0.717, 1.165) is 31.7 Å². The fourth-order valence-electron chi connectivity index (χ4n) is 3.70. The van der Waals surface area contributed by atoms with E-state index < -0.39 is 16.1 Å². The first-order valence-electron chi connectivity index (χ1n) is 9.60. The van der Waals surface area contributed by atoms with Gasteiger partial charge in [-0.25, -0.2) is 0 Å². The molecular formula is C21H25NO5S3. The summed E-state index contributed by atoms with van der Waals surface area (Å²) in [6.45, 7) is 2.58. The standard InChI is InChI=1S/C20H21NO2S2.CH4O3S/c22-18(23)7-11-21-9-5-14(6-10-21)19-16-4-2-1-3-15(16)13-25-20-17(19)8-12-24-20;1-5(2,3)4/h1-4,8,12H,5-7,9-11,13H2,(H,22,23);1H3,(H,2,3,4). The van der Waals surface area contributed by atoms with Crippen LogP contribution in [0.25, 0.3) is 5.57 Å². The number of aliphatic carboxylic acids is 1. The number of thiophene rings is 1. The molecule has 2 aliphatic rings. The zero-order valence-corrected chi connectivity index (χ0v) is 19.2. The summed E-state index contributed by atoms with van der Waals surface area (Å²) in [5.41, 5.74) is 7.18. The van der Waals surface area contributed by atoms with Gasteiger partial charge in [-0.1, -0.05) is 29.8 Å². The van der Waals surface area contributed by atoms with E-state index in [1.807, 2.05) is 23.1 Å². The van der Waals surface area contributed by atoms with Crippen LogP contribution in [-0.2, 0) is 20.7 Å². The molecule has 0 amide bonds. The molecule has 0 atom stereocenters. The molecule has 0 saturated carbocycles. The fourth-order valence-corrected chi connectivity index (χ4v) is 5.81. The lowest BCUT2D eigenvalue weighted by molar-refractivity contribution is -0.137. The quantitative estimate of drug-likeness (QED) is 0.652. The normalized spacial score (nSPS) is 16.7. The minimum absolute atomic E-state index is 0.236. The molecule has 2 aromatic rings. The Labute approximate surface area is 185 Å². The van der Waals surface area contributed by atoms with Crippen molar-refractivity contribution in [1.29, 1.82) is 0 Å². The first kappa shape index (κ1) is 23.0. The smallest absolute Gasteiger partial charge is 0.304 e. The lowest BCUT2D eigenvalue weighted by atomic mass is 9.87. The second-order valence-electron chi connectivity index (χ2n) is 7.26. The van der Waals surface area contributed by atoms with Gasteiger partial charge in [0.05, 0.1) is 16.9 Å². The Kier molecular flexibility index (Phi) is 7.75. The molecule has 0 spiro atoms. The predicted octanol–water partition coefficient (Wildman–Crippen LogP) is 4.23. The van der Waals surface area contributed by atoms with E-state index in [1.54, 1.807) is 0 Å². The largest absolute Gasteiger partial charge is 0.481 e. The summed E-state index contributed by atoms with van der Waals surface area (Å²) >= 11 is 3.79. The molecule has 1 aromatic heterocycles. The minimum Gasteiger partial charge on any atom is -0.481 e. The van der Waals surface area contributed by atoms with Gasteiger partial charge in [0.15, 0.2) is 0 Å². The van der Waals surface area contributed by atoms with Crippen molar-refractivity contribution in [2.75, 3.05) is 25.9 Å². The minimum atomic E-state index is -3.67. The van der Waals surface area contributed by atoms with Crippen LogP contribution in [0.4, 0.5) is 0 Å². The predicted molar refractivity (Wildman–Crippen MR) is 122 cm³/mol. The molecule has 0 unspecified atom stereocenters. The number of carboxylic acid groups (broad SMARTS) is 1. The number of nitrogens with zero attached hydrogens (tertiary/aromatic N) is 1. The highest BCUT2D eigenvalue weighted by Gasteiger charge is 2.24. The number of rotatable bonds is 3. The van der Waals surface area contributed by atoms with Gasteiger partial charge in [-0.2, -0.15) is 8.42 Å². The van der Waals surface area contributed by atoms with Crippen LogP contribution >= 0.6 is 23.1 Å². The zero-order chi connectivity index (χ0) is 21.7. The van der Waals surface area contributed by atoms with Crippen molar-refractivity contribution in [3.63, 3.8) is 0 Å². The topological polar surface area (TPSA) is 94.9 Å². The van der Waals surface area contributed by atoms with Gasteiger partial charge < -0.3 is 10.0 Å². The molecule has 4 rings (SSSR count). The molecule has 0 bridgehead atoms. The maximum atomic E-state index is 10.8. The highest BCUT2D eigenvalue weighted by atomic mass is 32.2. The molecule has 0 aliphatic carbocycles. The van der Waals surface area contributed by atoms with Crippen LogP contribution in [0.2, 0.25) is 0 Å². The Morgan fingerprint density at radius 1 is 1.13 bits per heavy atom. The number of hydrogen-bond acceptors (Lipinski definition) is 6. The van der Waals surface area contributed by atoms with Gasteiger partial charge in [0, 0.05) is 31.0 Å². The first-order valence-corrected chi connectivity index (χ1v) is 13.3. The third kappa shape index (κ3) is 6.42. The van der Waals surface area contributed by atoms with Crippen LogP contribution in [0, 0.1) is 0 Å². The van der Waals surface area contributed by atoms with Crippen molar-refractivity contribution < 1.29 is 22.9 Å². The van der Waals surface area contributed by atoms with Crippen molar-refractivity contribution in [2.24, 2.45) is 0 Å². The second-order valence-corrected chi connectivity index (χ2v) is 10.9. The molecule has 0 radical (unpaired) electrons. The van der Waals surface area contributed by atoms with Crippen LogP contribution in [-0.4, -0.2) is 54.8 Å². The SMILES string of the molecule is CS(=O)(=O)O.O=C(O)CCN1CCC(=C2c3ccccc3CSc3sccc32)CC1. The van der Waals surface area contributed by atoms with Gasteiger partial charge in [-0.3, -0.25) is 9.35 Å². The van der Waals surface area contributed by atoms with Crippen molar-refractivity contribution >= 4 is 44.8 Å². The molecule has 3 heterocycles. The number of carboxylic acids is 1. The van der Waals surface area contributed by atoms with Crippen molar-refractivity contribution in [1.82, 2.24) is 4.90 Å². The molecule has 2 N–H and O–H groups in total. The van der Waals surface area contributed by atoms with E-state index in [-0.39, 0.29) is 6.42 Å². The number of piperidine rings is 1. The van der Waals surface area contributed by atoms with E-state index in [4.69, 9.17) is 9.66 Å². The summed E-state index contributed by atoms with van der Waals surface area (Å²) in [5.74, 6) is 0.326. The Hall–Kier alpha value is -1.65. The Morgan fingerprint density at radius 3 is 2.47 bits per heavy atom. The van der Waals surface area contributed by atoms with Gasteiger partial charge in [0.25, 0.3) is 10.1 Å². The highest BCUT2D eigenvalue weighted by Crippen LogP contribution is 2.45. The molecular weight excluding hydrogens is 442 g/mol. The van der Waals surface area contributed by atoms with Crippen LogP contribution in [0.1, 0.15) is 36.0 Å². The number of likely N-dealkylation sites (tertiary alicyclic amines) is 1. The summed E-state index contributed by atoms with van der Waals surface area (Å²) in [4.78, 5) is 13.1. The van der Waals surface area contributed by atoms with Gasteiger partial charge in [-0.05, 0) is 41.0 Å². The monoisotopic (exact) mass is 467 g/mol. The number of thioether (sulfide) groups is 1. The third-order valence-electron chi connectivity index (χ3n) is 5.00. The molecule has 2 aliphatic heterocycles. The average molecular weight is 468 g/mol. The average Bonchev–Trinajstić information content (AvgIpc) is 3.08. The van der Waals surface area contributed by atoms with E-state index in [2.05, 4.69) is 40.6 Å². The number of benzene rings is 1. The number of fused-ring (bicyclic) bond motifs is 2. The van der Waals surface area contributed by atoms with Gasteiger partial charge >= 0.3 is 5.97 Å². The maximum absolute atomic E-state index is 10.8. The van der Waals surface area contributed by atoms with Crippen molar-refractivity contribution in [3.8, 4) is 0 Å². The van der Waals surface area contributed by atoms with Crippen LogP contribution in [0.3, 0.4) is 0 Å². The van der Waals surface area contributed by atoms with Gasteiger partial charge in [-0.15, -0.1) is 23.1 Å². The first-order chi connectivity index (χ1) is 14.2. The van der Waals surface area contributed by atoms with E-state index in [0.29, 0.717) is 12.8 Å². The number of carbonyl (C=O) groups is 1. The molecule has 6 nitrogen and oxygen atoms in total. The van der Waals surface area contributed by atoms with Gasteiger partial charge in [0.2, 0.25) is 0 Å². The lowest BCUT2D eigenvalue weighted by Crippen LogP contribution is -2.33. The number of hydrogen-bond donors (Lipinski definition) is 2. The van der Waals surface area contributed by atoms with E-state index in [9.17, 15) is 13.2 Å². The van der Waals surface area contributed by atoms with Crippen LogP contribution < -0.4 is 0 Å².